The van der Waals surface area contributed by atoms with Crippen LogP contribution in [0.3, 0.4) is 0 Å². The molecule has 0 bridgehead atoms. The summed E-state index contributed by atoms with van der Waals surface area (Å²) in [5.41, 5.74) is 8.50. The van der Waals surface area contributed by atoms with Gasteiger partial charge < -0.3 is 5.73 Å². The number of halogens is 1. The van der Waals surface area contributed by atoms with Crippen LogP contribution in [0.2, 0.25) is 0 Å². The normalized spacial score (nSPS) is 18.1. The Morgan fingerprint density at radius 3 is 2.67 bits per heavy atom. The summed E-state index contributed by atoms with van der Waals surface area (Å²) in [4.78, 5) is 3.96. The van der Waals surface area contributed by atoms with Crippen LogP contribution in [-0.4, -0.2) is 14.8 Å². The van der Waals surface area contributed by atoms with E-state index in [0.717, 1.165) is 23.0 Å². The molecule has 1 heterocycles. The maximum Gasteiger partial charge on any atom is 0.138 e. The van der Waals surface area contributed by atoms with Gasteiger partial charge in [0.05, 0.1) is 5.69 Å². The van der Waals surface area contributed by atoms with Crippen LogP contribution in [0.15, 0.2) is 35.3 Å². The van der Waals surface area contributed by atoms with E-state index in [1.165, 1.54) is 24.7 Å². The van der Waals surface area contributed by atoms with Gasteiger partial charge in [0.2, 0.25) is 0 Å². The average Bonchev–Trinajstić information content (AvgIpc) is 3.00. The Morgan fingerprint density at radius 1 is 1.28 bits per heavy atom. The van der Waals surface area contributed by atoms with Crippen LogP contribution in [0.5, 0.6) is 0 Å². The molecule has 0 spiro atoms. The monoisotopic (exact) mass is 306 g/mol. The molecule has 3 rings (SSSR count). The molecule has 94 valence electrons. The van der Waals surface area contributed by atoms with Gasteiger partial charge in [0.25, 0.3) is 0 Å². The van der Waals surface area contributed by atoms with Crippen molar-refractivity contribution in [1.82, 2.24) is 14.8 Å². The van der Waals surface area contributed by atoms with Crippen molar-refractivity contribution in [2.75, 3.05) is 0 Å². The molecule has 0 radical (unpaired) electrons. The summed E-state index contributed by atoms with van der Waals surface area (Å²) >= 11 is 3.60. The molecule has 1 aromatic carbocycles. The van der Waals surface area contributed by atoms with Crippen LogP contribution in [0.25, 0.3) is 5.69 Å². The van der Waals surface area contributed by atoms with Crippen molar-refractivity contribution in [3.05, 3.63) is 40.9 Å². The first kappa shape index (κ1) is 11.9. The molecule has 5 heteroatoms. The van der Waals surface area contributed by atoms with E-state index in [1.54, 1.807) is 11.0 Å². The smallest absolute Gasteiger partial charge is 0.138 e. The maximum absolute atomic E-state index is 6.46. The van der Waals surface area contributed by atoms with Crippen molar-refractivity contribution in [1.29, 1.82) is 0 Å². The highest BCUT2D eigenvalue weighted by atomic mass is 79.9. The topological polar surface area (TPSA) is 56.7 Å². The second-order valence-electron chi connectivity index (χ2n) is 4.87. The molecule has 0 unspecified atom stereocenters. The van der Waals surface area contributed by atoms with Crippen molar-refractivity contribution in [2.24, 2.45) is 5.73 Å². The minimum atomic E-state index is -0.149. The van der Waals surface area contributed by atoms with E-state index in [9.17, 15) is 0 Å². The summed E-state index contributed by atoms with van der Waals surface area (Å²) in [6, 6.07) is 6.26. The van der Waals surface area contributed by atoms with Crippen LogP contribution in [-0.2, 0) is 5.54 Å². The molecule has 1 aliphatic carbocycles. The van der Waals surface area contributed by atoms with Gasteiger partial charge in [-0.25, -0.2) is 9.67 Å². The third-order valence-electron chi connectivity index (χ3n) is 3.68. The van der Waals surface area contributed by atoms with Gasteiger partial charge in [-0.05, 0) is 46.5 Å². The Morgan fingerprint density at radius 2 is 2.06 bits per heavy atom. The molecule has 18 heavy (non-hydrogen) atoms. The van der Waals surface area contributed by atoms with Gasteiger partial charge in [-0.15, -0.1) is 0 Å². The Kier molecular flexibility index (Phi) is 2.95. The summed E-state index contributed by atoms with van der Waals surface area (Å²) in [7, 11) is 0. The van der Waals surface area contributed by atoms with Gasteiger partial charge in [0.15, 0.2) is 0 Å². The van der Waals surface area contributed by atoms with Crippen LogP contribution >= 0.6 is 15.9 Å². The summed E-state index contributed by atoms with van der Waals surface area (Å²) in [5, 5.41) is 4.14. The Balaban J connectivity index is 1.99. The fraction of sp³-hybridized carbons (Fsp3) is 0.385. The summed E-state index contributed by atoms with van der Waals surface area (Å²) in [5.74, 6) is 0. The van der Waals surface area contributed by atoms with Crippen molar-refractivity contribution in [3.8, 4) is 5.69 Å². The Labute approximate surface area is 114 Å². The Bertz CT molecular complexity index is 544. The quantitative estimate of drug-likeness (QED) is 0.928. The van der Waals surface area contributed by atoms with Crippen LogP contribution in [0.1, 0.15) is 31.2 Å². The number of hydrogen-bond acceptors (Lipinski definition) is 3. The second kappa shape index (κ2) is 4.48. The predicted molar refractivity (Wildman–Crippen MR) is 73.4 cm³/mol. The summed E-state index contributed by atoms with van der Waals surface area (Å²) < 4.78 is 2.74. The van der Waals surface area contributed by atoms with Crippen molar-refractivity contribution >= 4 is 15.9 Å². The largest absolute Gasteiger partial charge is 0.321 e. The number of aromatic nitrogens is 3. The maximum atomic E-state index is 6.46. The van der Waals surface area contributed by atoms with Gasteiger partial charge in [-0.1, -0.05) is 18.9 Å². The molecule has 0 aliphatic heterocycles. The van der Waals surface area contributed by atoms with Gasteiger partial charge in [-0.2, -0.15) is 5.10 Å². The molecule has 2 aromatic rings. The first-order chi connectivity index (χ1) is 8.69. The first-order valence-electron chi connectivity index (χ1n) is 6.13. The number of nitrogens with zero attached hydrogens (tertiary/aromatic N) is 3. The zero-order valence-corrected chi connectivity index (χ0v) is 11.6. The Hall–Kier alpha value is -1.20. The van der Waals surface area contributed by atoms with E-state index in [2.05, 4.69) is 38.1 Å². The minimum absolute atomic E-state index is 0.149. The van der Waals surface area contributed by atoms with E-state index in [1.807, 2.05) is 6.07 Å². The van der Waals surface area contributed by atoms with Gasteiger partial charge in [0, 0.05) is 10.0 Å². The molecular weight excluding hydrogens is 292 g/mol. The van der Waals surface area contributed by atoms with E-state index in [-0.39, 0.29) is 5.54 Å². The van der Waals surface area contributed by atoms with Crippen molar-refractivity contribution in [3.63, 3.8) is 0 Å². The number of hydrogen-bond donors (Lipinski definition) is 1. The number of benzene rings is 1. The molecule has 1 aliphatic rings. The fourth-order valence-electron chi connectivity index (χ4n) is 2.63. The van der Waals surface area contributed by atoms with Gasteiger partial charge in [0.1, 0.15) is 12.7 Å². The zero-order valence-electron chi connectivity index (χ0n) is 10.0. The molecule has 1 aromatic heterocycles. The summed E-state index contributed by atoms with van der Waals surface area (Å²) in [6.45, 7) is 0. The molecule has 1 fully saturated rings. The predicted octanol–water partition coefficient (Wildman–Crippen LogP) is 2.76. The average molecular weight is 307 g/mol. The zero-order chi connectivity index (χ0) is 12.6. The lowest BCUT2D eigenvalue weighted by atomic mass is 9.89. The van der Waals surface area contributed by atoms with E-state index in [4.69, 9.17) is 5.73 Å². The standard InChI is InChI=1S/C13H15BrN4/c14-11-7-10(13(15)5-1-2-6-13)3-4-12(11)18-9-16-8-17-18/h3-4,7-9H,1-2,5-6,15H2. The second-order valence-corrected chi connectivity index (χ2v) is 5.72. The SMILES string of the molecule is NC1(c2ccc(-n3cncn3)c(Br)c2)CCCC1. The van der Waals surface area contributed by atoms with E-state index >= 15 is 0 Å². The van der Waals surface area contributed by atoms with Crippen LogP contribution in [0, 0.1) is 0 Å². The van der Waals surface area contributed by atoms with Crippen LogP contribution in [0.4, 0.5) is 0 Å². The molecule has 4 nitrogen and oxygen atoms in total. The molecule has 0 atom stereocenters. The first-order valence-corrected chi connectivity index (χ1v) is 6.92. The van der Waals surface area contributed by atoms with Crippen molar-refractivity contribution < 1.29 is 0 Å². The molecular formula is C13H15BrN4. The highest BCUT2D eigenvalue weighted by Crippen LogP contribution is 2.38. The van der Waals surface area contributed by atoms with Crippen molar-refractivity contribution in [2.45, 2.75) is 31.2 Å². The fourth-order valence-corrected chi connectivity index (χ4v) is 3.19. The molecule has 0 amide bonds. The number of rotatable bonds is 2. The minimum Gasteiger partial charge on any atom is -0.321 e. The van der Waals surface area contributed by atoms with Gasteiger partial charge >= 0.3 is 0 Å². The van der Waals surface area contributed by atoms with E-state index < -0.39 is 0 Å². The highest BCUT2D eigenvalue weighted by molar-refractivity contribution is 9.10. The van der Waals surface area contributed by atoms with E-state index in [0.29, 0.717) is 0 Å². The number of nitrogens with two attached hydrogens (primary N) is 1. The molecule has 0 saturated heterocycles. The summed E-state index contributed by atoms with van der Waals surface area (Å²) in [6.07, 6.45) is 7.80. The lowest BCUT2D eigenvalue weighted by molar-refractivity contribution is 0.461. The lowest BCUT2D eigenvalue weighted by Crippen LogP contribution is -2.33. The highest BCUT2D eigenvalue weighted by Gasteiger charge is 2.31. The van der Waals surface area contributed by atoms with Crippen LogP contribution < -0.4 is 5.73 Å². The third kappa shape index (κ3) is 1.97. The lowest BCUT2D eigenvalue weighted by Gasteiger charge is -2.24. The third-order valence-corrected chi connectivity index (χ3v) is 4.32. The van der Waals surface area contributed by atoms with Gasteiger partial charge in [-0.3, -0.25) is 0 Å². The molecule has 2 N–H and O–H groups in total. The molecule has 1 saturated carbocycles.